The average molecular weight is 670 g/mol. The number of rotatable bonds is 8. The van der Waals surface area contributed by atoms with E-state index in [-0.39, 0.29) is 43.2 Å². The van der Waals surface area contributed by atoms with Crippen LogP contribution in [-0.2, 0) is 38.7 Å². The Bertz CT molecular complexity index is 1650. The number of likely N-dealkylation sites (tertiary alicyclic amines) is 1. The third-order valence-corrected chi connectivity index (χ3v) is 8.87. The molecular formula is C37H43N5O7. The Morgan fingerprint density at radius 3 is 2.41 bits per heavy atom. The van der Waals surface area contributed by atoms with Crippen LogP contribution in [0.3, 0.4) is 0 Å². The van der Waals surface area contributed by atoms with Gasteiger partial charge in [-0.05, 0) is 48.1 Å². The second-order valence-electron chi connectivity index (χ2n) is 12.4. The van der Waals surface area contributed by atoms with E-state index in [1.54, 1.807) is 31.3 Å². The van der Waals surface area contributed by atoms with Crippen molar-refractivity contribution in [1.29, 1.82) is 0 Å². The highest BCUT2D eigenvalue weighted by molar-refractivity contribution is 6.00. The minimum absolute atomic E-state index is 0.0163. The first-order valence-electron chi connectivity index (χ1n) is 16.6. The highest BCUT2D eigenvalue weighted by Crippen LogP contribution is 2.21. The molecule has 49 heavy (non-hydrogen) atoms. The summed E-state index contributed by atoms with van der Waals surface area (Å²) in [6, 6.07) is 21.0. The number of ether oxygens (including phenoxy) is 1. The maximum Gasteiger partial charge on any atom is 0.255 e. The van der Waals surface area contributed by atoms with Crippen LogP contribution in [0.4, 0.5) is 0 Å². The smallest absolute Gasteiger partial charge is 0.255 e. The summed E-state index contributed by atoms with van der Waals surface area (Å²) in [7, 11) is 1.59. The lowest BCUT2D eigenvalue weighted by molar-refractivity contribution is -0.139. The van der Waals surface area contributed by atoms with Gasteiger partial charge in [0.25, 0.3) is 5.91 Å². The summed E-state index contributed by atoms with van der Waals surface area (Å²) in [5.74, 6) is -1.70. The Morgan fingerprint density at radius 2 is 1.65 bits per heavy atom. The van der Waals surface area contributed by atoms with E-state index in [1.165, 1.54) is 4.90 Å². The minimum atomic E-state index is -1.21. The van der Waals surface area contributed by atoms with Gasteiger partial charge in [-0.2, -0.15) is 0 Å². The van der Waals surface area contributed by atoms with Crippen molar-refractivity contribution in [1.82, 2.24) is 25.8 Å². The first-order valence-corrected chi connectivity index (χ1v) is 16.6. The molecular weight excluding hydrogens is 626 g/mol. The van der Waals surface area contributed by atoms with E-state index in [4.69, 9.17) is 4.74 Å². The molecule has 3 aromatic carbocycles. The molecule has 0 spiro atoms. The number of benzene rings is 3. The number of carbonyl (C=O) groups is 5. The van der Waals surface area contributed by atoms with Gasteiger partial charge >= 0.3 is 0 Å². The summed E-state index contributed by atoms with van der Waals surface area (Å²) in [5.41, 5.74) is 2.91. The molecule has 12 heteroatoms. The zero-order valence-corrected chi connectivity index (χ0v) is 27.6. The molecule has 2 heterocycles. The molecule has 12 nitrogen and oxygen atoms in total. The van der Waals surface area contributed by atoms with Gasteiger partial charge in [0.2, 0.25) is 23.6 Å². The van der Waals surface area contributed by atoms with Crippen molar-refractivity contribution < 1.29 is 33.8 Å². The monoisotopic (exact) mass is 669 g/mol. The van der Waals surface area contributed by atoms with Gasteiger partial charge in [-0.15, -0.1) is 0 Å². The number of likely N-dealkylation sites (N-methyl/N-ethyl adjacent to an activating group) is 1. The molecule has 0 aromatic heterocycles. The number of aliphatic hydroxyl groups is 1. The van der Waals surface area contributed by atoms with E-state index in [0.717, 1.165) is 29.7 Å². The zero-order chi connectivity index (χ0) is 34.8. The SMILES string of the molecule is CN1C(=O)[C@H](CO)NC(=O)CC[C@@H](C(=O)NCc2cccc(CN3CCCC3=O)c2)NC(=O)c2ccccc2OC[C@H]1Cc1ccccc1. The molecule has 1 saturated heterocycles. The van der Waals surface area contributed by atoms with Crippen LogP contribution in [0, 0.1) is 0 Å². The fourth-order valence-electron chi connectivity index (χ4n) is 6.06. The lowest BCUT2D eigenvalue weighted by Crippen LogP contribution is -2.54. The Hall–Kier alpha value is -5.23. The maximum atomic E-state index is 13.6. The second-order valence-corrected chi connectivity index (χ2v) is 12.4. The summed E-state index contributed by atoms with van der Waals surface area (Å²) in [6.45, 7) is 0.775. The standard InChI is InChI=1S/C37H43N5O7/c1-41-28(20-25-9-3-2-4-10-25)24-49-32-14-6-5-13-29(32)35(46)40-30(16-17-33(44)39-31(23-43)37(41)48)36(47)38-21-26-11-7-12-27(19-26)22-42-18-8-15-34(42)45/h2-7,9-14,19,28,30-31,43H,8,15-18,20-24H2,1H3,(H,38,47)(H,39,44)(H,40,46)/t28-,30+,31+/m1/s1. The molecule has 3 atom stereocenters. The summed E-state index contributed by atoms with van der Waals surface area (Å²) in [6.07, 6.45) is 1.56. The van der Waals surface area contributed by atoms with Crippen molar-refractivity contribution in [2.75, 3.05) is 26.8 Å². The number of nitrogens with zero attached hydrogens (tertiary/aromatic N) is 2. The number of hydrogen-bond acceptors (Lipinski definition) is 7. The predicted molar refractivity (Wildman–Crippen MR) is 181 cm³/mol. The van der Waals surface area contributed by atoms with E-state index in [9.17, 15) is 29.1 Å². The number of amides is 5. The van der Waals surface area contributed by atoms with Crippen molar-refractivity contribution in [3.05, 3.63) is 101 Å². The van der Waals surface area contributed by atoms with E-state index in [0.29, 0.717) is 19.4 Å². The largest absolute Gasteiger partial charge is 0.491 e. The van der Waals surface area contributed by atoms with Crippen LogP contribution >= 0.6 is 0 Å². The third-order valence-electron chi connectivity index (χ3n) is 8.87. The van der Waals surface area contributed by atoms with Gasteiger partial charge in [0.1, 0.15) is 24.4 Å². The molecule has 0 bridgehead atoms. The quantitative estimate of drug-likeness (QED) is 0.286. The summed E-state index contributed by atoms with van der Waals surface area (Å²) in [5, 5.41) is 18.3. The number of hydrogen-bond donors (Lipinski definition) is 4. The Labute approximate surface area is 285 Å². The number of nitrogens with one attached hydrogen (secondary N) is 3. The lowest BCUT2D eigenvalue weighted by Gasteiger charge is -2.31. The average Bonchev–Trinajstić information content (AvgIpc) is 3.52. The molecule has 0 aliphatic carbocycles. The van der Waals surface area contributed by atoms with Gasteiger partial charge in [-0.3, -0.25) is 24.0 Å². The summed E-state index contributed by atoms with van der Waals surface area (Å²) < 4.78 is 6.16. The first-order chi connectivity index (χ1) is 23.7. The minimum Gasteiger partial charge on any atom is -0.491 e. The second kappa shape index (κ2) is 16.7. The molecule has 5 amide bonds. The van der Waals surface area contributed by atoms with E-state index in [2.05, 4.69) is 16.0 Å². The first kappa shape index (κ1) is 35.1. The van der Waals surface area contributed by atoms with Crippen LogP contribution < -0.4 is 20.7 Å². The van der Waals surface area contributed by atoms with Crippen LogP contribution in [0.1, 0.15) is 52.7 Å². The summed E-state index contributed by atoms with van der Waals surface area (Å²) in [4.78, 5) is 69.1. The van der Waals surface area contributed by atoms with Crippen molar-refractivity contribution in [3.63, 3.8) is 0 Å². The van der Waals surface area contributed by atoms with Gasteiger partial charge in [0, 0.05) is 39.5 Å². The number of aliphatic hydroxyl groups excluding tert-OH is 1. The Kier molecular flexibility index (Phi) is 12.0. The van der Waals surface area contributed by atoms with E-state index >= 15 is 0 Å². The Morgan fingerprint density at radius 1 is 0.918 bits per heavy atom. The van der Waals surface area contributed by atoms with E-state index < -0.39 is 48.4 Å². The van der Waals surface area contributed by atoms with Gasteiger partial charge in [-0.25, -0.2) is 0 Å². The van der Waals surface area contributed by atoms with Crippen LogP contribution in [0.15, 0.2) is 78.9 Å². The number of para-hydroxylation sites is 1. The molecule has 0 unspecified atom stereocenters. The van der Waals surface area contributed by atoms with E-state index in [1.807, 2.05) is 59.5 Å². The molecule has 258 valence electrons. The van der Waals surface area contributed by atoms with Crippen molar-refractivity contribution in [2.45, 2.75) is 63.3 Å². The van der Waals surface area contributed by atoms with Crippen molar-refractivity contribution in [3.8, 4) is 5.75 Å². The van der Waals surface area contributed by atoms with Crippen LogP contribution in [0.25, 0.3) is 0 Å². The fraction of sp³-hybridized carbons (Fsp3) is 0.378. The molecule has 4 N–H and O–H groups in total. The normalized spacial score (nSPS) is 20.7. The molecule has 3 aromatic rings. The highest BCUT2D eigenvalue weighted by Gasteiger charge is 2.31. The molecule has 5 rings (SSSR count). The zero-order valence-electron chi connectivity index (χ0n) is 27.6. The third kappa shape index (κ3) is 9.44. The van der Waals surface area contributed by atoms with Gasteiger partial charge in [0.15, 0.2) is 0 Å². The van der Waals surface area contributed by atoms with Crippen molar-refractivity contribution in [2.24, 2.45) is 0 Å². The van der Waals surface area contributed by atoms with Gasteiger partial charge in [-0.1, -0.05) is 66.7 Å². The van der Waals surface area contributed by atoms with Crippen LogP contribution in [0.2, 0.25) is 0 Å². The summed E-state index contributed by atoms with van der Waals surface area (Å²) >= 11 is 0. The van der Waals surface area contributed by atoms with Crippen LogP contribution in [0.5, 0.6) is 5.75 Å². The maximum absolute atomic E-state index is 13.6. The molecule has 2 aliphatic heterocycles. The molecule has 0 saturated carbocycles. The van der Waals surface area contributed by atoms with Gasteiger partial charge in [0.05, 0.1) is 18.2 Å². The molecule has 0 radical (unpaired) electrons. The lowest BCUT2D eigenvalue weighted by atomic mass is 10.0. The fourth-order valence-corrected chi connectivity index (χ4v) is 6.06. The van der Waals surface area contributed by atoms with Crippen molar-refractivity contribution >= 4 is 29.5 Å². The topological polar surface area (TPSA) is 157 Å². The predicted octanol–water partition coefficient (Wildman–Crippen LogP) is 1.94. The Balaban J connectivity index is 1.34. The molecule has 1 fully saturated rings. The molecule has 2 aliphatic rings. The van der Waals surface area contributed by atoms with Crippen LogP contribution in [-0.4, -0.2) is 89.4 Å². The highest BCUT2D eigenvalue weighted by atomic mass is 16.5. The number of fused-ring (bicyclic) bond motifs is 1. The van der Waals surface area contributed by atoms with Gasteiger partial charge < -0.3 is 35.6 Å². The number of carbonyl (C=O) groups excluding carboxylic acids is 5.